The summed E-state index contributed by atoms with van der Waals surface area (Å²) in [6.45, 7) is 4.12. The fraction of sp³-hybridized carbons (Fsp3) is 0.474. The maximum atomic E-state index is 4.85. The number of anilines is 1. The van der Waals surface area contributed by atoms with Gasteiger partial charge < -0.3 is 4.90 Å². The first-order valence-corrected chi connectivity index (χ1v) is 9.19. The van der Waals surface area contributed by atoms with Crippen molar-refractivity contribution in [2.24, 2.45) is 0 Å². The summed E-state index contributed by atoms with van der Waals surface area (Å²) in [6.07, 6.45) is 7.49. The number of fused-ring (bicyclic) bond motifs is 2. The molecule has 6 nitrogen and oxygen atoms in total. The van der Waals surface area contributed by atoms with Gasteiger partial charge in [0.15, 0.2) is 11.5 Å². The van der Waals surface area contributed by atoms with Crippen molar-refractivity contribution in [2.45, 2.75) is 44.9 Å². The third-order valence-electron chi connectivity index (χ3n) is 5.55. The van der Waals surface area contributed by atoms with Gasteiger partial charge in [0.2, 0.25) is 0 Å². The zero-order valence-electron chi connectivity index (χ0n) is 14.5. The first-order chi connectivity index (χ1) is 12.3. The maximum absolute atomic E-state index is 4.85. The summed E-state index contributed by atoms with van der Waals surface area (Å²) in [5, 5.41) is 13.7. The molecule has 3 aromatic heterocycles. The summed E-state index contributed by atoms with van der Waals surface area (Å²) < 4.78 is 2.00. The molecule has 0 atom stereocenters. The van der Waals surface area contributed by atoms with Crippen molar-refractivity contribution in [3.8, 4) is 0 Å². The number of aromatic nitrogens is 5. The molecule has 0 unspecified atom stereocenters. The summed E-state index contributed by atoms with van der Waals surface area (Å²) >= 11 is 0. The highest BCUT2D eigenvalue weighted by atomic mass is 15.4. The third kappa shape index (κ3) is 2.56. The van der Waals surface area contributed by atoms with E-state index in [1.807, 2.05) is 17.6 Å². The predicted molar refractivity (Wildman–Crippen MR) is 96.0 cm³/mol. The Bertz CT molecular complexity index is 923. The van der Waals surface area contributed by atoms with Gasteiger partial charge in [0.25, 0.3) is 0 Å². The molecule has 0 radical (unpaired) electrons. The van der Waals surface area contributed by atoms with Crippen molar-refractivity contribution >= 4 is 11.3 Å². The molecule has 1 saturated heterocycles. The summed E-state index contributed by atoms with van der Waals surface area (Å²) in [5.41, 5.74) is 5.84. The highest BCUT2D eigenvalue weighted by molar-refractivity contribution is 5.47. The molecule has 0 spiro atoms. The fourth-order valence-corrected chi connectivity index (χ4v) is 4.17. The molecule has 4 heterocycles. The number of hydrogen-bond acceptors (Lipinski definition) is 5. The minimum atomic E-state index is 0.432. The third-order valence-corrected chi connectivity index (χ3v) is 5.55. The van der Waals surface area contributed by atoms with Crippen LogP contribution in [0.25, 0.3) is 5.65 Å². The number of nitrogens with zero attached hydrogens (tertiary/aromatic N) is 6. The van der Waals surface area contributed by atoms with Crippen LogP contribution in [-0.4, -0.2) is 37.9 Å². The normalized spacial score (nSPS) is 18.0. The van der Waals surface area contributed by atoms with Crippen LogP contribution in [0, 0.1) is 6.92 Å². The predicted octanol–water partition coefficient (Wildman–Crippen LogP) is 2.70. The molecule has 1 aliphatic heterocycles. The SMILES string of the molecule is Cc1cc(N2CCC(c3nnc4cc5c(nn34)CCC5)CC2)ccn1. The van der Waals surface area contributed by atoms with Crippen LogP contribution in [0.5, 0.6) is 0 Å². The fourth-order valence-electron chi connectivity index (χ4n) is 4.17. The van der Waals surface area contributed by atoms with Crippen LogP contribution in [0.4, 0.5) is 5.69 Å². The highest BCUT2D eigenvalue weighted by Gasteiger charge is 2.26. The highest BCUT2D eigenvalue weighted by Crippen LogP contribution is 2.30. The van der Waals surface area contributed by atoms with E-state index < -0.39 is 0 Å². The minimum absolute atomic E-state index is 0.432. The van der Waals surface area contributed by atoms with E-state index in [4.69, 9.17) is 5.10 Å². The van der Waals surface area contributed by atoms with E-state index in [1.54, 1.807) is 0 Å². The molecule has 6 heteroatoms. The lowest BCUT2D eigenvalue weighted by atomic mass is 9.95. The molecule has 1 aliphatic carbocycles. The number of pyridine rings is 1. The standard InChI is InChI=1S/C19H22N6/c1-13-11-16(5-8-20-13)24-9-6-14(7-10-24)19-22-21-18-12-15-3-2-4-17(15)23-25(18)19/h5,8,11-12,14H,2-4,6-7,9-10H2,1H3. The van der Waals surface area contributed by atoms with E-state index in [0.29, 0.717) is 5.92 Å². The average molecular weight is 334 g/mol. The molecule has 25 heavy (non-hydrogen) atoms. The zero-order valence-corrected chi connectivity index (χ0v) is 14.5. The minimum Gasteiger partial charge on any atom is -0.371 e. The van der Waals surface area contributed by atoms with Crippen LogP contribution in [-0.2, 0) is 12.8 Å². The lowest BCUT2D eigenvalue weighted by Gasteiger charge is -2.32. The van der Waals surface area contributed by atoms with E-state index in [0.717, 1.165) is 55.9 Å². The smallest absolute Gasteiger partial charge is 0.178 e. The number of piperidine rings is 1. The Kier molecular flexibility index (Phi) is 3.43. The molecule has 2 aliphatic rings. The van der Waals surface area contributed by atoms with E-state index >= 15 is 0 Å². The quantitative estimate of drug-likeness (QED) is 0.721. The molecule has 0 N–H and O–H groups in total. The van der Waals surface area contributed by atoms with Gasteiger partial charge in [-0.2, -0.15) is 9.61 Å². The molecule has 0 saturated carbocycles. The van der Waals surface area contributed by atoms with Crippen molar-refractivity contribution in [1.82, 2.24) is 24.8 Å². The van der Waals surface area contributed by atoms with E-state index in [2.05, 4.69) is 38.3 Å². The van der Waals surface area contributed by atoms with Gasteiger partial charge in [-0.25, -0.2) is 0 Å². The summed E-state index contributed by atoms with van der Waals surface area (Å²) in [7, 11) is 0. The molecule has 0 aromatic carbocycles. The Morgan fingerprint density at radius 3 is 2.80 bits per heavy atom. The topological polar surface area (TPSA) is 59.2 Å². The Labute approximate surface area is 146 Å². The first kappa shape index (κ1) is 14.8. The van der Waals surface area contributed by atoms with Gasteiger partial charge in [0.05, 0.1) is 5.69 Å². The van der Waals surface area contributed by atoms with E-state index in [9.17, 15) is 0 Å². The molecular weight excluding hydrogens is 312 g/mol. The van der Waals surface area contributed by atoms with Gasteiger partial charge in [0, 0.05) is 36.6 Å². The summed E-state index contributed by atoms with van der Waals surface area (Å²) in [6, 6.07) is 6.45. The largest absolute Gasteiger partial charge is 0.371 e. The first-order valence-electron chi connectivity index (χ1n) is 9.19. The molecule has 0 amide bonds. The van der Waals surface area contributed by atoms with Gasteiger partial charge in [-0.15, -0.1) is 10.2 Å². The molecule has 5 rings (SSSR count). The molecule has 128 valence electrons. The maximum Gasteiger partial charge on any atom is 0.178 e. The van der Waals surface area contributed by atoms with Gasteiger partial charge in [-0.1, -0.05) is 0 Å². The summed E-state index contributed by atoms with van der Waals surface area (Å²) in [4.78, 5) is 6.74. The number of aryl methyl sites for hydroxylation is 3. The molecule has 1 fully saturated rings. The molecule has 3 aromatic rings. The lowest BCUT2D eigenvalue weighted by Crippen LogP contribution is -2.33. The Balaban J connectivity index is 1.38. The van der Waals surface area contributed by atoms with Crippen molar-refractivity contribution in [1.29, 1.82) is 0 Å². The van der Waals surface area contributed by atoms with Crippen molar-refractivity contribution in [2.75, 3.05) is 18.0 Å². The second-order valence-corrected chi connectivity index (χ2v) is 7.21. The number of rotatable bonds is 2. The van der Waals surface area contributed by atoms with Gasteiger partial charge in [-0.05, 0) is 62.8 Å². The van der Waals surface area contributed by atoms with E-state index in [-0.39, 0.29) is 0 Å². The Morgan fingerprint density at radius 2 is 1.96 bits per heavy atom. The van der Waals surface area contributed by atoms with Gasteiger partial charge in [-0.3, -0.25) is 4.98 Å². The average Bonchev–Trinajstić information content (AvgIpc) is 3.26. The summed E-state index contributed by atoms with van der Waals surface area (Å²) in [5.74, 6) is 1.47. The second-order valence-electron chi connectivity index (χ2n) is 7.21. The van der Waals surface area contributed by atoms with Crippen molar-refractivity contribution in [3.63, 3.8) is 0 Å². The van der Waals surface area contributed by atoms with Crippen LogP contribution in [0.3, 0.4) is 0 Å². The lowest BCUT2D eigenvalue weighted by molar-refractivity contribution is 0.476. The zero-order chi connectivity index (χ0) is 16.8. The Morgan fingerprint density at radius 1 is 1.08 bits per heavy atom. The molecule has 0 bridgehead atoms. The molecular formula is C19H22N6. The van der Waals surface area contributed by atoms with Crippen LogP contribution >= 0.6 is 0 Å². The van der Waals surface area contributed by atoms with Crippen molar-refractivity contribution < 1.29 is 0 Å². The van der Waals surface area contributed by atoms with Gasteiger partial charge in [0.1, 0.15) is 0 Å². The van der Waals surface area contributed by atoms with Crippen LogP contribution < -0.4 is 4.90 Å². The van der Waals surface area contributed by atoms with Crippen LogP contribution in [0.1, 0.15) is 48.0 Å². The Hall–Kier alpha value is -2.50. The number of hydrogen-bond donors (Lipinski definition) is 0. The van der Waals surface area contributed by atoms with Crippen LogP contribution in [0.15, 0.2) is 24.4 Å². The second kappa shape index (κ2) is 5.79. The van der Waals surface area contributed by atoms with Gasteiger partial charge >= 0.3 is 0 Å². The van der Waals surface area contributed by atoms with E-state index in [1.165, 1.54) is 23.4 Å². The van der Waals surface area contributed by atoms with Crippen LogP contribution in [0.2, 0.25) is 0 Å². The van der Waals surface area contributed by atoms with Crippen molar-refractivity contribution in [3.05, 3.63) is 47.2 Å². The monoisotopic (exact) mass is 334 g/mol.